The Labute approximate surface area is 120 Å². The third-order valence-corrected chi connectivity index (χ3v) is 4.61. The van der Waals surface area contributed by atoms with Crippen LogP contribution in [0, 0.1) is 17.2 Å². The molecule has 2 unspecified atom stereocenters. The van der Waals surface area contributed by atoms with Crippen molar-refractivity contribution in [2.45, 2.75) is 57.1 Å². The molecule has 2 fully saturated rings. The van der Waals surface area contributed by atoms with Gasteiger partial charge in [-0.15, -0.1) is 0 Å². The molecule has 0 spiro atoms. The monoisotopic (exact) mass is 279 g/mol. The largest absolute Gasteiger partial charge is 0.393 e. The van der Waals surface area contributed by atoms with Gasteiger partial charge in [-0.25, -0.2) is 0 Å². The molecule has 1 saturated carbocycles. The Hall–Kier alpha value is -1.12. The van der Waals surface area contributed by atoms with Crippen LogP contribution in [-0.2, 0) is 4.79 Å². The number of aliphatic hydroxyl groups excluding tert-OH is 1. The number of nitrogens with one attached hydrogen (secondary N) is 1. The summed E-state index contributed by atoms with van der Waals surface area (Å²) in [7, 11) is 0. The lowest BCUT2D eigenvalue weighted by Crippen LogP contribution is -2.53. The average Bonchev–Trinajstić information content (AvgIpc) is 2.44. The predicted octanol–water partition coefficient (Wildman–Crippen LogP) is 1.03. The van der Waals surface area contributed by atoms with Crippen molar-refractivity contribution in [2.24, 2.45) is 5.92 Å². The Balaban J connectivity index is 1.84. The molecule has 1 amide bonds. The molecule has 2 rings (SSSR count). The zero-order chi connectivity index (χ0) is 14.6. The predicted molar refractivity (Wildman–Crippen MR) is 75.8 cm³/mol. The minimum Gasteiger partial charge on any atom is -0.393 e. The average molecular weight is 279 g/mol. The number of carbonyl (C=O) groups excluding carboxylic acids is 1. The lowest BCUT2D eigenvalue weighted by Gasteiger charge is -2.36. The number of amides is 1. The van der Waals surface area contributed by atoms with Gasteiger partial charge < -0.3 is 10.4 Å². The SMILES string of the molecule is CC1CN(CC(=O)NC2(C#N)CCCCC2)CCC1O. The van der Waals surface area contributed by atoms with Crippen molar-refractivity contribution in [3.63, 3.8) is 0 Å². The fraction of sp³-hybridized carbons (Fsp3) is 0.867. The van der Waals surface area contributed by atoms with Crippen LogP contribution in [0.1, 0.15) is 45.4 Å². The van der Waals surface area contributed by atoms with E-state index >= 15 is 0 Å². The van der Waals surface area contributed by atoms with Crippen LogP contribution in [0.4, 0.5) is 0 Å². The van der Waals surface area contributed by atoms with Gasteiger partial charge in [-0.3, -0.25) is 9.69 Å². The van der Waals surface area contributed by atoms with Gasteiger partial charge in [-0.2, -0.15) is 5.26 Å². The van der Waals surface area contributed by atoms with Gasteiger partial charge in [0.05, 0.1) is 18.7 Å². The van der Waals surface area contributed by atoms with Gasteiger partial charge in [0.1, 0.15) is 5.54 Å². The molecule has 0 aromatic heterocycles. The van der Waals surface area contributed by atoms with Crippen LogP contribution in [0.2, 0.25) is 0 Å². The second-order valence-electron chi connectivity index (χ2n) is 6.37. The molecule has 1 saturated heterocycles. The van der Waals surface area contributed by atoms with E-state index in [1.54, 1.807) is 0 Å². The summed E-state index contributed by atoms with van der Waals surface area (Å²) in [5.41, 5.74) is -0.643. The first-order valence-corrected chi connectivity index (χ1v) is 7.67. The summed E-state index contributed by atoms with van der Waals surface area (Å²) in [6, 6.07) is 2.31. The number of piperidine rings is 1. The maximum Gasteiger partial charge on any atom is 0.235 e. The van der Waals surface area contributed by atoms with E-state index in [1.165, 1.54) is 0 Å². The minimum atomic E-state index is -0.643. The molecule has 5 heteroatoms. The van der Waals surface area contributed by atoms with Gasteiger partial charge in [-0.1, -0.05) is 26.2 Å². The Morgan fingerprint density at radius 3 is 2.75 bits per heavy atom. The van der Waals surface area contributed by atoms with Crippen LogP contribution in [-0.4, -0.2) is 47.2 Å². The highest BCUT2D eigenvalue weighted by Gasteiger charge is 2.34. The Morgan fingerprint density at radius 2 is 2.15 bits per heavy atom. The first kappa shape index (κ1) is 15.3. The number of nitriles is 1. The maximum atomic E-state index is 12.2. The van der Waals surface area contributed by atoms with Crippen LogP contribution in [0.25, 0.3) is 0 Å². The van der Waals surface area contributed by atoms with Crippen LogP contribution >= 0.6 is 0 Å². The molecule has 20 heavy (non-hydrogen) atoms. The van der Waals surface area contributed by atoms with Gasteiger partial charge in [0, 0.05) is 13.1 Å². The van der Waals surface area contributed by atoms with E-state index in [2.05, 4.69) is 16.3 Å². The number of rotatable bonds is 3. The van der Waals surface area contributed by atoms with Crippen molar-refractivity contribution in [2.75, 3.05) is 19.6 Å². The van der Waals surface area contributed by atoms with E-state index in [-0.39, 0.29) is 17.9 Å². The van der Waals surface area contributed by atoms with Gasteiger partial charge in [0.25, 0.3) is 0 Å². The zero-order valence-electron chi connectivity index (χ0n) is 12.3. The summed E-state index contributed by atoms with van der Waals surface area (Å²) < 4.78 is 0. The molecule has 0 radical (unpaired) electrons. The molecule has 2 N–H and O–H groups in total. The molecular weight excluding hydrogens is 254 g/mol. The summed E-state index contributed by atoms with van der Waals surface area (Å²) in [5, 5.41) is 22.0. The van der Waals surface area contributed by atoms with Gasteiger partial charge in [0.2, 0.25) is 5.91 Å². The quantitative estimate of drug-likeness (QED) is 0.809. The minimum absolute atomic E-state index is 0.0583. The number of likely N-dealkylation sites (tertiary alicyclic amines) is 1. The van der Waals surface area contributed by atoms with E-state index < -0.39 is 5.54 Å². The lowest BCUT2D eigenvalue weighted by molar-refractivity contribution is -0.124. The molecule has 2 aliphatic rings. The molecule has 2 atom stereocenters. The summed E-state index contributed by atoms with van der Waals surface area (Å²) in [6.07, 6.45) is 5.19. The molecule has 0 aromatic rings. The van der Waals surface area contributed by atoms with Crippen LogP contribution in [0.3, 0.4) is 0 Å². The first-order valence-electron chi connectivity index (χ1n) is 7.67. The van der Waals surface area contributed by atoms with Crippen molar-refractivity contribution >= 4 is 5.91 Å². The van der Waals surface area contributed by atoms with Gasteiger partial charge in [-0.05, 0) is 25.2 Å². The summed E-state index contributed by atoms with van der Waals surface area (Å²) in [5.74, 6) is 0.146. The highest BCUT2D eigenvalue weighted by Crippen LogP contribution is 2.27. The molecule has 0 bridgehead atoms. The van der Waals surface area contributed by atoms with E-state index in [0.717, 1.165) is 51.6 Å². The Bertz CT molecular complexity index is 385. The van der Waals surface area contributed by atoms with E-state index in [1.807, 2.05) is 6.92 Å². The highest BCUT2D eigenvalue weighted by molar-refractivity contribution is 5.79. The van der Waals surface area contributed by atoms with Crippen LogP contribution in [0.15, 0.2) is 0 Å². The molecule has 1 heterocycles. The topological polar surface area (TPSA) is 76.4 Å². The van der Waals surface area contributed by atoms with Gasteiger partial charge >= 0.3 is 0 Å². The van der Waals surface area contributed by atoms with Gasteiger partial charge in [0.15, 0.2) is 0 Å². The fourth-order valence-corrected chi connectivity index (χ4v) is 3.29. The number of hydrogen-bond acceptors (Lipinski definition) is 4. The van der Waals surface area contributed by atoms with Crippen molar-refractivity contribution in [1.82, 2.24) is 10.2 Å². The van der Waals surface area contributed by atoms with E-state index in [4.69, 9.17) is 0 Å². The molecule has 0 aromatic carbocycles. The number of carbonyl (C=O) groups is 1. The normalized spacial score (nSPS) is 30.4. The zero-order valence-corrected chi connectivity index (χ0v) is 12.3. The standard InChI is InChI=1S/C15H25N3O2/c1-12-9-18(8-5-13(12)19)10-14(20)17-15(11-16)6-3-2-4-7-15/h12-13,19H,2-10H2,1H3,(H,17,20). The smallest absolute Gasteiger partial charge is 0.235 e. The molecule has 1 aliphatic heterocycles. The third-order valence-electron chi connectivity index (χ3n) is 4.61. The maximum absolute atomic E-state index is 12.2. The molecule has 1 aliphatic carbocycles. The third kappa shape index (κ3) is 3.71. The fourth-order valence-electron chi connectivity index (χ4n) is 3.29. The van der Waals surface area contributed by atoms with E-state index in [9.17, 15) is 15.2 Å². The summed E-state index contributed by atoms with van der Waals surface area (Å²) in [4.78, 5) is 14.2. The van der Waals surface area contributed by atoms with Crippen molar-refractivity contribution in [3.05, 3.63) is 0 Å². The number of aliphatic hydroxyl groups is 1. The second kappa shape index (κ2) is 6.55. The lowest BCUT2D eigenvalue weighted by atomic mass is 9.83. The van der Waals surface area contributed by atoms with Crippen molar-refractivity contribution in [3.8, 4) is 6.07 Å². The van der Waals surface area contributed by atoms with Crippen LogP contribution in [0.5, 0.6) is 0 Å². The number of nitrogens with zero attached hydrogens (tertiary/aromatic N) is 2. The number of hydrogen-bond donors (Lipinski definition) is 2. The van der Waals surface area contributed by atoms with Crippen molar-refractivity contribution in [1.29, 1.82) is 5.26 Å². The van der Waals surface area contributed by atoms with Crippen molar-refractivity contribution < 1.29 is 9.90 Å². The molecule has 112 valence electrons. The Kier molecular flexibility index (Phi) is 5.00. The molecule has 5 nitrogen and oxygen atoms in total. The van der Waals surface area contributed by atoms with E-state index in [0.29, 0.717) is 6.54 Å². The Morgan fingerprint density at radius 1 is 1.45 bits per heavy atom. The van der Waals surface area contributed by atoms with Crippen LogP contribution < -0.4 is 5.32 Å². The summed E-state index contributed by atoms with van der Waals surface area (Å²) in [6.45, 7) is 3.83. The summed E-state index contributed by atoms with van der Waals surface area (Å²) >= 11 is 0. The highest BCUT2D eigenvalue weighted by atomic mass is 16.3. The second-order valence-corrected chi connectivity index (χ2v) is 6.37. The molecular formula is C15H25N3O2. The first-order chi connectivity index (χ1) is 9.54.